The lowest BCUT2D eigenvalue weighted by Gasteiger charge is -2.21. The van der Waals surface area contributed by atoms with Gasteiger partial charge in [-0.1, -0.05) is 27.2 Å². The molecule has 0 saturated heterocycles. The molecule has 0 aliphatic rings. The summed E-state index contributed by atoms with van der Waals surface area (Å²) in [4.78, 5) is 23.5. The van der Waals surface area contributed by atoms with Gasteiger partial charge >= 0.3 is 5.97 Å². The molecule has 0 bridgehead atoms. The van der Waals surface area contributed by atoms with Crippen molar-refractivity contribution < 1.29 is 23.1 Å². The molecule has 146 valence electrons. The molecule has 0 aromatic heterocycles. The molecule has 0 spiro atoms. The molecule has 0 saturated carbocycles. The normalized spacial score (nSPS) is 12.8. The third-order valence-corrected chi connectivity index (χ3v) is 5.79. The van der Waals surface area contributed by atoms with Gasteiger partial charge in [0, 0.05) is 18.7 Å². The van der Waals surface area contributed by atoms with E-state index in [9.17, 15) is 18.0 Å². The fourth-order valence-electron chi connectivity index (χ4n) is 2.57. The Kier molecular flexibility index (Phi) is 8.74. The topological polar surface area (TPSA) is 104 Å². The zero-order chi connectivity index (χ0) is 19.7. The van der Waals surface area contributed by atoms with Gasteiger partial charge in [-0.3, -0.25) is 4.79 Å². The molecule has 0 aliphatic carbocycles. The zero-order valence-corrected chi connectivity index (χ0v) is 16.4. The molecule has 7 nitrogen and oxygen atoms in total. The lowest BCUT2D eigenvalue weighted by Crippen LogP contribution is -2.40. The lowest BCUT2D eigenvalue weighted by molar-refractivity contribution is -0.139. The van der Waals surface area contributed by atoms with Gasteiger partial charge in [0.2, 0.25) is 10.0 Å². The van der Waals surface area contributed by atoms with Crippen molar-refractivity contribution in [3.8, 4) is 0 Å². The van der Waals surface area contributed by atoms with Crippen molar-refractivity contribution in [3.05, 3.63) is 29.8 Å². The number of benzene rings is 1. The summed E-state index contributed by atoms with van der Waals surface area (Å²) in [5.74, 6) is -1.62. The summed E-state index contributed by atoms with van der Waals surface area (Å²) in [5, 5.41) is 11.6. The molecule has 1 atom stereocenters. The number of rotatable bonds is 11. The van der Waals surface area contributed by atoms with E-state index < -0.39 is 27.9 Å². The number of carboxylic acid groups (broad SMARTS) is 1. The number of aliphatic carboxylic acids is 1. The maximum atomic E-state index is 12.7. The van der Waals surface area contributed by atoms with Crippen molar-refractivity contribution in [2.75, 3.05) is 13.1 Å². The summed E-state index contributed by atoms with van der Waals surface area (Å²) in [5.41, 5.74) is 0.226. The van der Waals surface area contributed by atoms with Crippen LogP contribution in [0.25, 0.3) is 0 Å². The molecule has 1 unspecified atom stereocenters. The van der Waals surface area contributed by atoms with E-state index in [1.54, 1.807) is 0 Å². The van der Waals surface area contributed by atoms with E-state index in [-0.39, 0.29) is 10.5 Å². The Bertz CT molecular complexity index is 695. The zero-order valence-electron chi connectivity index (χ0n) is 15.6. The van der Waals surface area contributed by atoms with E-state index >= 15 is 0 Å². The first-order valence-corrected chi connectivity index (χ1v) is 10.4. The second-order valence-electron chi connectivity index (χ2n) is 6.08. The van der Waals surface area contributed by atoms with Crippen LogP contribution < -0.4 is 5.32 Å². The van der Waals surface area contributed by atoms with Crippen LogP contribution in [0.4, 0.5) is 0 Å². The highest BCUT2D eigenvalue weighted by Gasteiger charge is 2.24. The minimum Gasteiger partial charge on any atom is -0.480 e. The number of carbonyl (C=O) groups excluding carboxylic acids is 1. The van der Waals surface area contributed by atoms with E-state index in [2.05, 4.69) is 5.32 Å². The average molecular weight is 384 g/mol. The van der Waals surface area contributed by atoms with Crippen molar-refractivity contribution in [2.45, 2.75) is 57.4 Å². The summed E-state index contributed by atoms with van der Waals surface area (Å²) in [6.45, 7) is 6.55. The summed E-state index contributed by atoms with van der Waals surface area (Å²) in [7, 11) is -3.61. The molecule has 0 aliphatic heterocycles. The molecule has 1 aromatic carbocycles. The molecular formula is C18H28N2O5S. The Morgan fingerprint density at radius 2 is 1.58 bits per heavy atom. The SMILES string of the molecule is CCCC(NC(=O)c1ccc(S(=O)(=O)N(CCC)CCC)cc1)C(=O)O. The predicted octanol–water partition coefficient (Wildman–Crippen LogP) is 2.48. The second-order valence-corrected chi connectivity index (χ2v) is 8.02. The third kappa shape index (κ3) is 5.81. The molecule has 1 amide bonds. The van der Waals surface area contributed by atoms with Crippen LogP contribution in [0.2, 0.25) is 0 Å². The first kappa shape index (κ1) is 22.1. The standard InChI is InChI=1S/C18H28N2O5S/c1-4-7-16(18(22)23)19-17(21)14-8-10-15(11-9-14)26(24,25)20(12-5-2)13-6-3/h8-11,16H,4-7,12-13H2,1-3H3,(H,19,21)(H,22,23). The molecule has 0 fully saturated rings. The van der Waals surface area contributed by atoms with E-state index in [1.807, 2.05) is 20.8 Å². The van der Waals surface area contributed by atoms with E-state index in [1.165, 1.54) is 28.6 Å². The van der Waals surface area contributed by atoms with Crippen LogP contribution in [0.15, 0.2) is 29.2 Å². The van der Waals surface area contributed by atoms with Crippen LogP contribution in [-0.2, 0) is 14.8 Å². The number of carbonyl (C=O) groups is 2. The lowest BCUT2D eigenvalue weighted by atomic mass is 10.1. The van der Waals surface area contributed by atoms with Gasteiger partial charge in [0.25, 0.3) is 5.91 Å². The monoisotopic (exact) mass is 384 g/mol. The largest absolute Gasteiger partial charge is 0.480 e. The fourth-order valence-corrected chi connectivity index (χ4v) is 4.19. The van der Waals surface area contributed by atoms with Crippen molar-refractivity contribution in [1.82, 2.24) is 9.62 Å². The van der Waals surface area contributed by atoms with Gasteiger partial charge in [0.05, 0.1) is 4.90 Å². The summed E-state index contributed by atoms with van der Waals surface area (Å²) < 4.78 is 26.8. The van der Waals surface area contributed by atoms with E-state index in [4.69, 9.17) is 5.11 Å². The number of sulfonamides is 1. The van der Waals surface area contributed by atoms with Crippen molar-refractivity contribution in [1.29, 1.82) is 0 Å². The minimum atomic E-state index is -3.61. The van der Waals surface area contributed by atoms with Crippen molar-refractivity contribution in [3.63, 3.8) is 0 Å². The van der Waals surface area contributed by atoms with Crippen LogP contribution >= 0.6 is 0 Å². The van der Waals surface area contributed by atoms with Crippen LogP contribution in [0.5, 0.6) is 0 Å². The van der Waals surface area contributed by atoms with Gasteiger partial charge in [0.15, 0.2) is 0 Å². The number of nitrogens with zero attached hydrogens (tertiary/aromatic N) is 1. The van der Waals surface area contributed by atoms with Crippen LogP contribution in [0, 0.1) is 0 Å². The predicted molar refractivity (Wildman–Crippen MR) is 99.6 cm³/mol. The Morgan fingerprint density at radius 3 is 2.00 bits per heavy atom. The molecule has 1 aromatic rings. The first-order chi connectivity index (χ1) is 12.3. The Labute approximate surface area is 155 Å². The molecule has 8 heteroatoms. The van der Waals surface area contributed by atoms with E-state index in [0.29, 0.717) is 38.8 Å². The summed E-state index contributed by atoms with van der Waals surface area (Å²) in [6.07, 6.45) is 2.39. The Balaban J connectivity index is 2.96. The number of nitrogens with one attached hydrogen (secondary N) is 1. The van der Waals surface area contributed by atoms with Crippen LogP contribution in [0.1, 0.15) is 56.8 Å². The molecule has 1 rings (SSSR count). The maximum absolute atomic E-state index is 12.7. The summed E-state index contributed by atoms with van der Waals surface area (Å²) >= 11 is 0. The van der Waals surface area contributed by atoms with E-state index in [0.717, 1.165) is 0 Å². The summed E-state index contributed by atoms with van der Waals surface area (Å²) in [6, 6.07) is 4.63. The molecule has 0 heterocycles. The molecule has 0 radical (unpaired) electrons. The average Bonchev–Trinajstić information content (AvgIpc) is 2.61. The smallest absolute Gasteiger partial charge is 0.326 e. The first-order valence-electron chi connectivity index (χ1n) is 8.91. The van der Waals surface area contributed by atoms with Gasteiger partial charge in [-0.25, -0.2) is 13.2 Å². The highest BCUT2D eigenvalue weighted by atomic mass is 32.2. The minimum absolute atomic E-state index is 0.124. The van der Waals surface area contributed by atoms with Gasteiger partial charge < -0.3 is 10.4 Å². The van der Waals surface area contributed by atoms with Gasteiger partial charge in [-0.15, -0.1) is 0 Å². The highest BCUT2D eigenvalue weighted by Crippen LogP contribution is 2.17. The number of hydrogen-bond acceptors (Lipinski definition) is 4. The Morgan fingerprint density at radius 1 is 1.04 bits per heavy atom. The van der Waals surface area contributed by atoms with Crippen LogP contribution in [0.3, 0.4) is 0 Å². The van der Waals surface area contributed by atoms with Crippen LogP contribution in [-0.4, -0.2) is 48.8 Å². The van der Waals surface area contributed by atoms with Crippen molar-refractivity contribution >= 4 is 21.9 Å². The molecule has 26 heavy (non-hydrogen) atoms. The Hall–Kier alpha value is -1.93. The molecular weight excluding hydrogens is 356 g/mol. The van der Waals surface area contributed by atoms with Gasteiger partial charge in [-0.05, 0) is 43.5 Å². The highest BCUT2D eigenvalue weighted by molar-refractivity contribution is 7.89. The van der Waals surface area contributed by atoms with Crippen molar-refractivity contribution in [2.24, 2.45) is 0 Å². The third-order valence-electron chi connectivity index (χ3n) is 3.88. The van der Waals surface area contributed by atoms with Gasteiger partial charge in [0.1, 0.15) is 6.04 Å². The maximum Gasteiger partial charge on any atom is 0.326 e. The number of hydrogen-bond donors (Lipinski definition) is 2. The fraction of sp³-hybridized carbons (Fsp3) is 0.556. The van der Waals surface area contributed by atoms with Gasteiger partial charge in [-0.2, -0.15) is 4.31 Å². The number of amides is 1. The number of carboxylic acids is 1. The second kappa shape index (κ2) is 10.3. The quantitative estimate of drug-likeness (QED) is 0.610. The molecule has 2 N–H and O–H groups in total.